The van der Waals surface area contributed by atoms with Gasteiger partial charge in [0.25, 0.3) is 35.4 Å². The maximum Gasteiger partial charge on any atom is 0.255 e. The third-order valence-electron chi connectivity index (χ3n) is 14.2. The lowest BCUT2D eigenvalue weighted by molar-refractivity contribution is 0.0933. The lowest BCUT2D eigenvalue weighted by Gasteiger charge is -2.12. The Morgan fingerprint density at radius 3 is 0.978 bits per heavy atom. The molecule has 0 saturated heterocycles. The van der Waals surface area contributed by atoms with Crippen molar-refractivity contribution in [3.05, 3.63) is 278 Å². The van der Waals surface area contributed by atoms with Gasteiger partial charge in [-0.05, 0) is 137 Å². The van der Waals surface area contributed by atoms with Gasteiger partial charge in [0.1, 0.15) is 28.7 Å². The van der Waals surface area contributed by atoms with E-state index in [0.29, 0.717) is 101 Å². The smallest absolute Gasteiger partial charge is 0.255 e. The molecule has 472 valence electrons. The van der Waals surface area contributed by atoms with Crippen LogP contribution in [0.4, 0.5) is 0 Å². The summed E-state index contributed by atoms with van der Waals surface area (Å²) in [5.41, 5.74) is 7.64. The number of halogens is 1. The van der Waals surface area contributed by atoms with Crippen molar-refractivity contribution in [3.8, 4) is 40.2 Å². The number of benzene rings is 9. The minimum atomic E-state index is -0.345. The lowest BCUT2D eigenvalue weighted by atomic mass is 10.1. The molecular weight excluding hydrogens is 1190 g/mol. The molecule has 0 bridgehead atoms. The second-order valence-corrected chi connectivity index (χ2v) is 20.8. The number of fused-ring (bicyclic) bond motifs is 1. The fraction of sp³-hybridized carbons (Fsp3) is 0.167. The Balaban J connectivity index is 0.000000178. The van der Waals surface area contributed by atoms with Gasteiger partial charge in [-0.2, -0.15) is 0 Å². The van der Waals surface area contributed by atoms with Crippen LogP contribution in [0.25, 0.3) is 0 Å². The first kappa shape index (κ1) is 66.6. The highest BCUT2D eigenvalue weighted by molar-refractivity contribution is 6.30. The van der Waals surface area contributed by atoms with E-state index in [1.165, 1.54) is 27.4 Å². The summed E-state index contributed by atoms with van der Waals surface area (Å²) in [6, 6.07) is 61.1. The van der Waals surface area contributed by atoms with Crippen LogP contribution >= 0.6 is 11.6 Å². The first-order chi connectivity index (χ1) is 44.7. The number of ether oxygens (including phenoxy) is 7. The zero-order valence-electron chi connectivity index (χ0n) is 51.3. The van der Waals surface area contributed by atoms with Crippen LogP contribution in [0.15, 0.2) is 206 Å². The minimum Gasteiger partial charge on any atom is -0.497 e. The summed E-state index contributed by atoms with van der Waals surface area (Å²) in [5, 5.41) is 17.8. The Labute approximate surface area is 538 Å². The van der Waals surface area contributed by atoms with E-state index in [2.05, 4.69) is 31.9 Å². The third kappa shape index (κ3) is 19.3. The van der Waals surface area contributed by atoms with Gasteiger partial charge >= 0.3 is 0 Å². The molecule has 0 aliphatic carbocycles. The second-order valence-electron chi connectivity index (χ2n) is 20.3. The summed E-state index contributed by atoms with van der Waals surface area (Å²) in [6.45, 7) is 2.32. The van der Waals surface area contributed by atoms with Crippen molar-refractivity contribution in [1.29, 1.82) is 0 Å². The number of carbonyl (C=O) groups excluding carboxylic acids is 6. The van der Waals surface area contributed by atoms with Crippen LogP contribution in [-0.2, 0) is 39.3 Å². The molecule has 20 heteroatoms. The zero-order valence-corrected chi connectivity index (χ0v) is 52.0. The van der Waals surface area contributed by atoms with Gasteiger partial charge in [0.15, 0.2) is 11.5 Å². The standard InChI is InChI=1S/C24H21ClN2O5.2C24H24N2O4/c1-30-20-9-5-17(11-19(20)24(29)27-12-15-2-6-18(25)7-3-15)23(28)26-13-16-4-8-21-22(10-16)32-14-31-21;1-29-20-11-8-18(9-12-20)16-25-23(27)19-10-13-22(30-2)21(14-19)24(28)26-15-17-6-4-3-5-7-17;1-29-20-11-8-18(9-12-20)16-26-24(28)21-14-19(10-13-22(21)30-2)23(27)25-15-17-6-4-3-5-7-17/h2-11H,12-14H2,1H3,(H,26,28)(H,27,29);2*3-14H,15-16H2,1-2H3,(H,25,27)(H,26,28). The summed E-state index contributed by atoms with van der Waals surface area (Å²) in [4.78, 5) is 76.0. The Morgan fingerprint density at radius 2 is 0.630 bits per heavy atom. The molecule has 19 nitrogen and oxygen atoms in total. The van der Waals surface area contributed by atoms with E-state index in [1.54, 1.807) is 80.9 Å². The topological polar surface area (TPSA) is 239 Å². The number of rotatable bonds is 23. The number of hydrogen-bond acceptors (Lipinski definition) is 13. The van der Waals surface area contributed by atoms with Crippen LogP contribution in [0.5, 0.6) is 40.2 Å². The molecule has 6 N–H and O–H groups in total. The Hall–Kier alpha value is -11.3. The van der Waals surface area contributed by atoms with Crippen molar-refractivity contribution in [2.75, 3.05) is 42.3 Å². The summed E-state index contributed by atoms with van der Waals surface area (Å²) in [7, 11) is 7.67. The van der Waals surface area contributed by atoms with Gasteiger partial charge in [-0.3, -0.25) is 28.8 Å². The Bertz CT molecular complexity index is 3970. The SMILES string of the molecule is COc1ccc(C(=O)NCc2ccc3c(c2)OCO3)cc1C(=O)NCc1ccc(Cl)cc1.COc1ccc(CNC(=O)c2cc(C(=O)NCc3ccccc3)ccc2OC)cc1.COc1ccc(CNC(=O)c2ccc(OC)c(C(=O)NCc3ccccc3)c2)cc1. The fourth-order valence-electron chi connectivity index (χ4n) is 9.10. The van der Waals surface area contributed by atoms with Crippen LogP contribution in [-0.4, -0.2) is 77.8 Å². The monoisotopic (exact) mass is 1260 g/mol. The maximum atomic E-state index is 12.8. The first-order valence-electron chi connectivity index (χ1n) is 28.9. The largest absolute Gasteiger partial charge is 0.497 e. The van der Waals surface area contributed by atoms with E-state index in [9.17, 15) is 28.8 Å². The van der Waals surface area contributed by atoms with Crippen LogP contribution in [0.1, 0.15) is 95.5 Å². The van der Waals surface area contributed by atoms with Gasteiger partial charge in [-0.15, -0.1) is 0 Å². The molecule has 0 saturated carbocycles. The molecule has 1 aliphatic heterocycles. The Kier molecular flexibility index (Phi) is 24.5. The second kappa shape index (κ2) is 33.9. The average Bonchev–Trinajstić information content (AvgIpc) is 1.53. The molecule has 0 fully saturated rings. The predicted molar refractivity (Wildman–Crippen MR) is 349 cm³/mol. The van der Waals surface area contributed by atoms with Gasteiger partial charge < -0.3 is 65.1 Å². The molecule has 0 atom stereocenters. The predicted octanol–water partition coefficient (Wildman–Crippen LogP) is 11.1. The van der Waals surface area contributed by atoms with Crippen molar-refractivity contribution in [2.24, 2.45) is 0 Å². The normalized spacial score (nSPS) is 10.7. The van der Waals surface area contributed by atoms with Crippen molar-refractivity contribution < 1.29 is 61.9 Å². The molecule has 10 rings (SSSR count). The number of carbonyl (C=O) groups is 6. The molecule has 0 radical (unpaired) electrons. The molecule has 0 unspecified atom stereocenters. The number of methoxy groups -OCH3 is 5. The lowest BCUT2D eigenvalue weighted by Crippen LogP contribution is -2.26. The van der Waals surface area contributed by atoms with Crippen molar-refractivity contribution in [2.45, 2.75) is 39.3 Å². The molecule has 6 amide bonds. The van der Waals surface area contributed by atoms with Crippen molar-refractivity contribution in [3.63, 3.8) is 0 Å². The van der Waals surface area contributed by atoms with E-state index in [0.717, 1.165) is 44.9 Å². The maximum absolute atomic E-state index is 12.8. The van der Waals surface area contributed by atoms with Gasteiger partial charge in [0.05, 0.1) is 52.2 Å². The van der Waals surface area contributed by atoms with E-state index >= 15 is 0 Å². The van der Waals surface area contributed by atoms with E-state index in [4.69, 9.17) is 44.8 Å². The summed E-state index contributed by atoms with van der Waals surface area (Å²) >= 11 is 5.89. The van der Waals surface area contributed by atoms with Crippen LogP contribution in [0.2, 0.25) is 5.02 Å². The molecule has 9 aromatic carbocycles. The summed E-state index contributed by atoms with van der Waals surface area (Å²) < 4.78 is 36.8. The fourth-order valence-corrected chi connectivity index (χ4v) is 9.22. The number of amides is 6. The first-order valence-corrected chi connectivity index (χ1v) is 29.3. The highest BCUT2D eigenvalue weighted by Gasteiger charge is 2.20. The van der Waals surface area contributed by atoms with Gasteiger partial charge in [0.2, 0.25) is 6.79 Å². The Morgan fingerprint density at radius 1 is 0.326 bits per heavy atom. The van der Waals surface area contributed by atoms with Crippen LogP contribution in [0, 0.1) is 0 Å². The van der Waals surface area contributed by atoms with Gasteiger partial charge in [-0.1, -0.05) is 115 Å². The zero-order chi connectivity index (χ0) is 65.2. The molecule has 1 heterocycles. The van der Waals surface area contributed by atoms with Gasteiger partial charge in [-0.25, -0.2) is 0 Å². The van der Waals surface area contributed by atoms with Crippen molar-refractivity contribution >= 4 is 47.0 Å². The van der Waals surface area contributed by atoms with E-state index in [1.807, 2.05) is 133 Å². The third-order valence-corrected chi connectivity index (χ3v) is 14.4. The molecule has 0 spiro atoms. The highest BCUT2D eigenvalue weighted by atomic mass is 35.5. The number of nitrogens with one attached hydrogen (secondary N) is 6. The quantitative estimate of drug-likeness (QED) is 0.0350. The average molecular weight is 1260 g/mol. The molecule has 0 aromatic heterocycles. The minimum absolute atomic E-state index is 0.194. The summed E-state index contributed by atoms with van der Waals surface area (Å²) in [5.74, 6) is 2.23. The van der Waals surface area contributed by atoms with E-state index in [-0.39, 0.29) is 47.8 Å². The van der Waals surface area contributed by atoms with Crippen LogP contribution in [0.3, 0.4) is 0 Å². The molecule has 1 aliphatic rings. The molecular formula is C72H69ClN6O13. The summed E-state index contributed by atoms with van der Waals surface area (Å²) in [6.07, 6.45) is 0. The highest BCUT2D eigenvalue weighted by Crippen LogP contribution is 2.33. The number of hydrogen-bond donors (Lipinski definition) is 6. The van der Waals surface area contributed by atoms with Gasteiger partial charge in [0, 0.05) is 61.0 Å². The molecule has 9 aromatic rings. The van der Waals surface area contributed by atoms with Crippen LogP contribution < -0.4 is 65.1 Å². The molecule has 92 heavy (non-hydrogen) atoms. The van der Waals surface area contributed by atoms with E-state index < -0.39 is 0 Å². The van der Waals surface area contributed by atoms with Crippen molar-refractivity contribution in [1.82, 2.24) is 31.9 Å².